The fourth-order valence-corrected chi connectivity index (χ4v) is 3.94. The predicted molar refractivity (Wildman–Crippen MR) is 117 cm³/mol. The van der Waals surface area contributed by atoms with Gasteiger partial charge in [-0.25, -0.2) is 4.79 Å². The zero-order valence-electron chi connectivity index (χ0n) is 17.4. The molecule has 0 atom stereocenters. The van der Waals surface area contributed by atoms with Crippen LogP contribution in [0.2, 0.25) is 0 Å². The second kappa shape index (κ2) is 9.00. The minimum Gasteiger partial charge on any atom is -0.465 e. The fraction of sp³-hybridized carbons (Fsp3) is 0.240. The predicted octanol–water partition coefficient (Wildman–Crippen LogP) is 3.08. The van der Waals surface area contributed by atoms with Crippen molar-refractivity contribution < 1.29 is 14.3 Å². The molecule has 2 heterocycles. The van der Waals surface area contributed by atoms with E-state index in [2.05, 4.69) is 0 Å². The zero-order chi connectivity index (χ0) is 21.8. The Balaban J connectivity index is 1.55. The number of rotatable bonds is 5. The summed E-state index contributed by atoms with van der Waals surface area (Å²) in [6, 6.07) is 18.4. The van der Waals surface area contributed by atoms with E-state index in [0.717, 1.165) is 17.5 Å². The third-order valence-electron chi connectivity index (χ3n) is 5.65. The van der Waals surface area contributed by atoms with Crippen molar-refractivity contribution in [2.24, 2.45) is 0 Å². The Labute approximate surface area is 180 Å². The quantitative estimate of drug-likeness (QED) is 0.600. The van der Waals surface area contributed by atoms with Crippen molar-refractivity contribution in [2.45, 2.75) is 25.9 Å². The first kappa shape index (κ1) is 20.6. The molecule has 0 unspecified atom stereocenters. The maximum atomic E-state index is 13.2. The number of benzene rings is 2. The molecule has 1 aliphatic heterocycles. The molecule has 4 rings (SSSR count). The third-order valence-corrected chi connectivity index (χ3v) is 5.65. The topological polar surface area (TPSA) is 68.6 Å². The summed E-state index contributed by atoms with van der Waals surface area (Å²) in [6.07, 6.45) is 3.23. The highest BCUT2D eigenvalue weighted by molar-refractivity contribution is 6.05. The number of esters is 1. The summed E-state index contributed by atoms with van der Waals surface area (Å²) in [6.45, 7) is 1.47. The minimum atomic E-state index is -0.531. The molecule has 1 aromatic heterocycles. The first-order valence-electron chi connectivity index (χ1n) is 10.3. The highest BCUT2D eigenvalue weighted by Gasteiger charge is 2.26. The highest BCUT2D eigenvalue weighted by atomic mass is 16.5. The average molecular weight is 416 g/mol. The Morgan fingerprint density at radius 3 is 2.42 bits per heavy atom. The number of nitrogens with zero attached hydrogens (tertiary/aromatic N) is 2. The lowest BCUT2D eigenvalue weighted by molar-refractivity contribution is 0.0588. The van der Waals surface area contributed by atoms with Gasteiger partial charge >= 0.3 is 5.97 Å². The standard InChI is InChI=1S/C25H24N2O4/c1-31-25(30)22-10-6-5-9-21(22)24(29)27-14-12-19-15-23(28)26(16-20(19)17-27)13-11-18-7-3-2-4-8-18/h2-10,15-16H,11-14,17H2,1H3. The molecule has 0 aliphatic carbocycles. The molecule has 3 aromatic rings. The number of aryl methyl sites for hydroxylation is 2. The van der Waals surface area contributed by atoms with Crippen molar-refractivity contribution in [3.05, 3.63) is 105 Å². The van der Waals surface area contributed by atoms with Gasteiger partial charge in [-0.05, 0) is 41.7 Å². The van der Waals surface area contributed by atoms with Crippen LogP contribution < -0.4 is 5.56 Å². The number of pyridine rings is 1. The van der Waals surface area contributed by atoms with Crippen LogP contribution in [0.3, 0.4) is 0 Å². The van der Waals surface area contributed by atoms with Crippen LogP contribution in [0.25, 0.3) is 0 Å². The molecule has 1 amide bonds. The maximum Gasteiger partial charge on any atom is 0.338 e. The van der Waals surface area contributed by atoms with Gasteiger partial charge in [-0.1, -0.05) is 42.5 Å². The van der Waals surface area contributed by atoms with Crippen molar-refractivity contribution >= 4 is 11.9 Å². The van der Waals surface area contributed by atoms with E-state index < -0.39 is 5.97 Å². The number of carbonyl (C=O) groups is 2. The largest absolute Gasteiger partial charge is 0.465 e. The lowest BCUT2D eigenvalue weighted by atomic mass is 9.99. The zero-order valence-corrected chi connectivity index (χ0v) is 17.4. The summed E-state index contributed by atoms with van der Waals surface area (Å²) in [7, 11) is 1.30. The SMILES string of the molecule is COC(=O)c1ccccc1C(=O)N1CCc2cc(=O)n(CCc3ccccc3)cc2C1. The smallest absolute Gasteiger partial charge is 0.338 e. The first-order valence-corrected chi connectivity index (χ1v) is 10.3. The Morgan fingerprint density at radius 2 is 1.68 bits per heavy atom. The third kappa shape index (κ3) is 4.43. The molecule has 6 heteroatoms. The van der Waals surface area contributed by atoms with Gasteiger partial charge < -0.3 is 14.2 Å². The van der Waals surface area contributed by atoms with Crippen LogP contribution in [-0.4, -0.2) is 35.0 Å². The van der Waals surface area contributed by atoms with Crippen molar-refractivity contribution in [3.63, 3.8) is 0 Å². The molecule has 158 valence electrons. The Kier molecular flexibility index (Phi) is 5.98. The molecule has 2 aromatic carbocycles. The van der Waals surface area contributed by atoms with E-state index in [1.165, 1.54) is 12.7 Å². The van der Waals surface area contributed by atoms with Gasteiger partial charge in [0.2, 0.25) is 0 Å². The molecule has 0 spiro atoms. The van der Waals surface area contributed by atoms with Gasteiger partial charge in [0.15, 0.2) is 0 Å². The van der Waals surface area contributed by atoms with Gasteiger partial charge in [-0.3, -0.25) is 9.59 Å². The first-order chi connectivity index (χ1) is 15.1. The Morgan fingerprint density at radius 1 is 0.968 bits per heavy atom. The van der Waals surface area contributed by atoms with Crippen LogP contribution in [0.4, 0.5) is 0 Å². The summed E-state index contributed by atoms with van der Waals surface area (Å²) in [5.41, 5.74) is 3.67. The lowest BCUT2D eigenvalue weighted by Gasteiger charge is -2.29. The van der Waals surface area contributed by atoms with Gasteiger partial charge in [-0.15, -0.1) is 0 Å². The summed E-state index contributed by atoms with van der Waals surface area (Å²) in [5.74, 6) is -0.746. The number of carbonyl (C=O) groups excluding carboxylic acids is 2. The van der Waals surface area contributed by atoms with E-state index >= 15 is 0 Å². The van der Waals surface area contributed by atoms with E-state index in [0.29, 0.717) is 31.6 Å². The second-order valence-corrected chi connectivity index (χ2v) is 7.61. The molecule has 0 saturated heterocycles. The molecular formula is C25H24N2O4. The van der Waals surface area contributed by atoms with Crippen molar-refractivity contribution in [2.75, 3.05) is 13.7 Å². The number of amides is 1. The lowest BCUT2D eigenvalue weighted by Crippen LogP contribution is -2.38. The molecule has 0 fully saturated rings. The average Bonchev–Trinajstić information content (AvgIpc) is 2.82. The Hall–Kier alpha value is -3.67. The molecule has 0 radical (unpaired) electrons. The number of ether oxygens (including phenoxy) is 1. The molecular weight excluding hydrogens is 392 g/mol. The highest BCUT2D eigenvalue weighted by Crippen LogP contribution is 2.21. The van der Waals surface area contributed by atoms with E-state index in [4.69, 9.17) is 4.74 Å². The van der Waals surface area contributed by atoms with Crippen molar-refractivity contribution in [3.8, 4) is 0 Å². The van der Waals surface area contributed by atoms with Gasteiger partial charge in [0.05, 0.1) is 18.2 Å². The monoisotopic (exact) mass is 416 g/mol. The van der Waals surface area contributed by atoms with Gasteiger partial charge in [-0.2, -0.15) is 0 Å². The minimum absolute atomic E-state index is 0.0227. The van der Waals surface area contributed by atoms with Gasteiger partial charge in [0.25, 0.3) is 11.5 Å². The van der Waals surface area contributed by atoms with Crippen LogP contribution >= 0.6 is 0 Å². The van der Waals surface area contributed by atoms with Crippen LogP contribution in [0.1, 0.15) is 37.4 Å². The number of methoxy groups -OCH3 is 1. The number of hydrogen-bond acceptors (Lipinski definition) is 4. The molecule has 6 nitrogen and oxygen atoms in total. The summed E-state index contributed by atoms with van der Waals surface area (Å²) in [4.78, 5) is 39.5. The van der Waals surface area contributed by atoms with Gasteiger partial charge in [0, 0.05) is 31.9 Å². The molecule has 31 heavy (non-hydrogen) atoms. The van der Waals surface area contributed by atoms with Crippen LogP contribution in [0.15, 0.2) is 71.7 Å². The number of aromatic nitrogens is 1. The summed E-state index contributed by atoms with van der Waals surface area (Å²) in [5, 5.41) is 0. The van der Waals surface area contributed by atoms with E-state index in [9.17, 15) is 14.4 Å². The number of hydrogen-bond donors (Lipinski definition) is 0. The summed E-state index contributed by atoms with van der Waals surface area (Å²) < 4.78 is 6.53. The molecule has 0 saturated carbocycles. The summed E-state index contributed by atoms with van der Waals surface area (Å²) >= 11 is 0. The molecule has 0 bridgehead atoms. The van der Waals surface area contributed by atoms with Crippen LogP contribution in [0, 0.1) is 0 Å². The molecule has 1 aliphatic rings. The molecule has 0 N–H and O–H groups in total. The maximum absolute atomic E-state index is 13.2. The van der Waals surface area contributed by atoms with E-state index in [-0.39, 0.29) is 17.0 Å². The van der Waals surface area contributed by atoms with Crippen molar-refractivity contribution in [1.29, 1.82) is 0 Å². The van der Waals surface area contributed by atoms with E-state index in [1.807, 2.05) is 36.5 Å². The Bertz CT molecular complexity index is 1170. The fourth-order valence-electron chi connectivity index (χ4n) is 3.94. The van der Waals surface area contributed by atoms with Crippen LogP contribution in [0.5, 0.6) is 0 Å². The number of fused-ring (bicyclic) bond motifs is 1. The normalized spacial score (nSPS) is 12.9. The van der Waals surface area contributed by atoms with E-state index in [1.54, 1.807) is 39.8 Å². The van der Waals surface area contributed by atoms with Crippen molar-refractivity contribution in [1.82, 2.24) is 9.47 Å². The second-order valence-electron chi connectivity index (χ2n) is 7.61. The van der Waals surface area contributed by atoms with Gasteiger partial charge in [0.1, 0.15) is 0 Å². The van der Waals surface area contributed by atoms with Crippen LogP contribution in [-0.2, 0) is 30.7 Å².